The summed E-state index contributed by atoms with van der Waals surface area (Å²) in [6.07, 6.45) is 1.67. The third-order valence-electron chi connectivity index (χ3n) is 3.13. The van der Waals surface area contributed by atoms with Gasteiger partial charge in [0.15, 0.2) is 5.78 Å². The van der Waals surface area contributed by atoms with Gasteiger partial charge in [-0.25, -0.2) is 0 Å². The standard InChI is InChI=1S/C18H23NO/c1-17(2,3)15-9-7-13(8-10-15)11-14(12-19)16(20)18(4,5)6/h7-11H,1-6H3/b14-11+. The van der Waals surface area contributed by atoms with Gasteiger partial charge in [-0.15, -0.1) is 0 Å². The molecule has 1 aromatic carbocycles. The molecule has 1 rings (SSSR count). The van der Waals surface area contributed by atoms with Crippen molar-refractivity contribution in [1.29, 1.82) is 5.26 Å². The first-order chi connectivity index (χ1) is 9.05. The lowest BCUT2D eigenvalue weighted by atomic mass is 9.85. The van der Waals surface area contributed by atoms with Crippen molar-refractivity contribution >= 4 is 11.9 Å². The van der Waals surface area contributed by atoms with Crippen molar-refractivity contribution in [3.8, 4) is 6.07 Å². The Kier molecular flexibility index (Phi) is 4.55. The lowest BCUT2D eigenvalue weighted by Crippen LogP contribution is -2.21. The molecule has 0 unspecified atom stereocenters. The summed E-state index contributed by atoms with van der Waals surface area (Å²) in [6, 6.07) is 10.0. The molecule has 106 valence electrons. The maximum absolute atomic E-state index is 12.1. The monoisotopic (exact) mass is 269 g/mol. The number of hydrogen-bond donors (Lipinski definition) is 0. The van der Waals surface area contributed by atoms with Crippen molar-refractivity contribution in [2.45, 2.75) is 47.0 Å². The zero-order chi connectivity index (χ0) is 15.6. The average molecular weight is 269 g/mol. The summed E-state index contributed by atoms with van der Waals surface area (Å²) < 4.78 is 0. The topological polar surface area (TPSA) is 40.9 Å². The predicted octanol–water partition coefficient (Wildman–Crippen LogP) is 4.51. The van der Waals surface area contributed by atoms with Gasteiger partial charge in [-0.1, -0.05) is 65.8 Å². The molecule has 2 nitrogen and oxygen atoms in total. The molecule has 0 aliphatic heterocycles. The average Bonchev–Trinajstić information content (AvgIpc) is 2.33. The van der Waals surface area contributed by atoms with Crippen LogP contribution in [0.4, 0.5) is 0 Å². The second-order valence-electron chi connectivity index (χ2n) is 7.12. The molecule has 0 aliphatic carbocycles. The molecule has 0 saturated carbocycles. The summed E-state index contributed by atoms with van der Waals surface area (Å²) in [4.78, 5) is 12.1. The van der Waals surface area contributed by atoms with E-state index in [1.165, 1.54) is 5.56 Å². The zero-order valence-corrected chi connectivity index (χ0v) is 13.2. The van der Waals surface area contributed by atoms with Crippen LogP contribution in [0.25, 0.3) is 6.08 Å². The summed E-state index contributed by atoms with van der Waals surface area (Å²) in [7, 11) is 0. The fourth-order valence-electron chi connectivity index (χ4n) is 1.80. The molecule has 0 N–H and O–H groups in total. The molecule has 0 amide bonds. The third-order valence-corrected chi connectivity index (χ3v) is 3.13. The van der Waals surface area contributed by atoms with E-state index in [1.54, 1.807) is 6.08 Å². The summed E-state index contributed by atoms with van der Waals surface area (Å²) in [5, 5.41) is 9.17. The van der Waals surface area contributed by atoms with Crippen LogP contribution in [0.5, 0.6) is 0 Å². The van der Waals surface area contributed by atoms with E-state index in [0.29, 0.717) is 0 Å². The highest BCUT2D eigenvalue weighted by Crippen LogP contribution is 2.24. The van der Waals surface area contributed by atoms with Crippen molar-refractivity contribution in [3.05, 3.63) is 41.0 Å². The van der Waals surface area contributed by atoms with Crippen molar-refractivity contribution in [1.82, 2.24) is 0 Å². The van der Waals surface area contributed by atoms with Crippen molar-refractivity contribution in [2.24, 2.45) is 5.41 Å². The fourth-order valence-corrected chi connectivity index (χ4v) is 1.80. The SMILES string of the molecule is CC(C)(C)C(=O)/C(C#N)=C/c1ccc(C(C)(C)C)cc1. The second-order valence-corrected chi connectivity index (χ2v) is 7.12. The van der Waals surface area contributed by atoms with Crippen LogP contribution in [0, 0.1) is 16.7 Å². The maximum Gasteiger partial charge on any atom is 0.178 e. The molecule has 2 heteroatoms. The molecule has 0 atom stereocenters. The highest BCUT2D eigenvalue weighted by atomic mass is 16.1. The number of Topliss-reactive ketones (excluding diaryl/α,β-unsaturated/α-hetero) is 1. The number of benzene rings is 1. The Morgan fingerprint density at radius 3 is 1.90 bits per heavy atom. The van der Waals surface area contributed by atoms with E-state index in [9.17, 15) is 4.79 Å². The summed E-state index contributed by atoms with van der Waals surface area (Å²) in [6.45, 7) is 11.9. The minimum atomic E-state index is -0.535. The number of carbonyl (C=O) groups excluding carboxylic acids is 1. The minimum Gasteiger partial charge on any atom is -0.293 e. The molecule has 0 aliphatic rings. The van der Waals surface area contributed by atoms with E-state index in [1.807, 2.05) is 51.1 Å². The van der Waals surface area contributed by atoms with E-state index in [2.05, 4.69) is 20.8 Å². The minimum absolute atomic E-state index is 0.0987. The smallest absolute Gasteiger partial charge is 0.178 e. The normalized spacial score (nSPS) is 12.9. The third kappa shape index (κ3) is 4.06. The van der Waals surface area contributed by atoms with Crippen molar-refractivity contribution in [3.63, 3.8) is 0 Å². The van der Waals surface area contributed by atoms with Crippen molar-refractivity contribution in [2.75, 3.05) is 0 Å². The summed E-state index contributed by atoms with van der Waals surface area (Å²) in [5.74, 6) is -0.125. The number of rotatable bonds is 2. The second kappa shape index (κ2) is 5.63. The predicted molar refractivity (Wildman–Crippen MR) is 83.2 cm³/mol. The van der Waals surface area contributed by atoms with Gasteiger partial charge in [-0.05, 0) is 22.6 Å². The molecular weight excluding hydrogens is 246 g/mol. The first-order valence-corrected chi connectivity index (χ1v) is 6.83. The van der Waals surface area contributed by atoms with E-state index < -0.39 is 5.41 Å². The number of nitriles is 1. The van der Waals surface area contributed by atoms with Gasteiger partial charge >= 0.3 is 0 Å². The Hall–Kier alpha value is -1.88. The van der Waals surface area contributed by atoms with Gasteiger partial charge < -0.3 is 0 Å². The molecule has 0 bridgehead atoms. The lowest BCUT2D eigenvalue weighted by Gasteiger charge is -2.19. The van der Waals surface area contributed by atoms with Gasteiger partial charge in [0.05, 0.1) is 5.57 Å². The lowest BCUT2D eigenvalue weighted by molar-refractivity contribution is -0.121. The summed E-state index contributed by atoms with van der Waals surface area (Å²) >= 11 is 0. The number of carbonyl (C=O) groups is 1. The number of allylic oxidation sites excluding steroid dienone is 1. The maximum atomic E-state index is 12.1. The molecule has 0 spiro atoms. The van der Waals surface area contributed by atoms with E-state index in [0.717, 1.165) is 5.56 Å². The molecule has 0 saturated heterocycles. The Morgan fingerprint density at radius 1 is 1.05 bits per heavy atom. The Bertz CT molecular complexity index is 557. The van der Waals surface area contributed by atoms with Crippen LogP contribution >= 0.6 is 0 Å². The molecule has 0 radical (unpaired) electrons. The van der Waals surface area contributed by atoms with Crippen LogP contribution in [-0.4, -0.2) is 5.78 Å². The van der Waals surface area contributed by atoms with E-state index >= 15 is 0 Å². The van der Waals surface area contributed by atoms with Gasteiger partial charge in [0.25, 0.3) is 0 Å². The highest BCUT2D eigenvalue weighted by Gasteiger charge is 2.24. The Morgan fingerprint density at radius 2 is 1.55 bits per heavy atom. The molecule has 0 aromatic heterocycles. The van der Waals surface area contributed by atoms with Gasteiger partial charge in [0.2, 0.25) is 0 Å². The largest absolute Gasteiger partial charge is 0.293 e. The number of ketones is 1. The zero-order valence-electron chi connectivity index (χ0n) is 13.2. The first kappa shape index (κ1) is 16.2. The first-order valence-electron chi connectivity index (χ1n) is 6.83. The van der Waals surface area contributed by atoms with Crippen LogP contribution in [0.3, 0.4) is 0 Å². The van der Waals surface area contributed by atoms with Gasteiger partial charge in [-0.3, -0.25) is 4.79 Å². The highest BCUT2D eigenvalue weighted by molar-refractivity contribution is 6.06. The van der Waals surface area contributed by atoms with Gasteiger partial charge in [0, 0.05) is 5.41 Å². The quantitative estimate of drug-likeness (QED) is 0.585. The Balaban J connectivity index is 3.10. The molecule has 0 heterocycles. The molecule has 0 fully saturated rings. The number of hydrogen-bond acceptors (Lipinski definition) is 2. The van der Waals surface area contributed by atoms with E-state index in [4.69, 9.17) is 5.26 Å². The van der Waals surface area contributed by atoms with Gasteiger partial charge in [0.1, 0.15) is 6.07 Å². The Labute approximate surface area is 122 Å². The van der Waals surface area contributed by atoms with Crippen LogP contribution in [0.1, 0.15) is 52.7 Å². The van der Waals surface area contributed by atoms with Crippen LogP contribution < -0.4 is 0 Å². The molecule has 1 aromatic rings. The van der Waals surface area contributed by atoms with Crippen LogP contribution in [0.15, 0.2) is 29.8 Å². The number of nitrogens with zero attached hydrogens (tertiary/aromatic N) is 1. The van der Waals surface area contributed by atoms with Crippen molar-refractivity contribution < 1.29 is 4.79 Å². The fraction of sp³-hybridized carbons (Fsp3) is 0.444. The van der Waals surface area contributed by atoms with Crippen LogP contribution in [0.2, 0.25) is 0 Å². The summed E-state index contributed by atoms with van der Waals surface area (Å²) in [5.41, 5.74) is 1.89. The van der Waals surface area contributed by atoms with Gasteiger partial charge in [-0.2, -0.15) is 5.26 Å². The van der Waals surface area contributed by atoms with E-state index in [-0.39, 0.29) is 16.8 Å². The molecular formula is C18H23NO. The molecule has 20 heavy (non-hydrogen) atoms. The van der Waals surface area contributed by atoms with Crippen LogP contribution in [-0.2, 0) is 10.2 Å².